The van der Waals surface area contributed by atoms with Crippen molar-refractivity contribution in [1.29, 1.82) is 0 Å². The lowest BCUT2D eigenvalue weighted by atomic mass is 9.98. The maximum atomic E-state index is 12.9. The Morgan fingerprint density at radius 2 is 1.45 bits per heavy atom. The van der Waals surface area contributed by atoms with Crippen molar-refractivity contribution in [2.45, 2.75) is 12.0 Å². The lowest BCUT2D eigenvalue weighted by Gasteiger charge is -2.24. The number of carboxylic acid groups (broad SMARTS) is 1. The molecule has 0 fully saturated rings. The van der Waals surface area contributed by atoms with Crippen molar-refractivity contribution >= 4 is 18.0 Å². The summed E-state index contributed by atoms with van der Waals surface area (Å²) in [5, 5.41) is 11.6. The van der Waals surface area contributed by atoms with Crippen molar-refractivity contribution in [3.8, 4) is 11.1 Å². The van der Waals surface area contributed by atoms with Crippen LogP contribution in [0.15, 0.2) is 78.9 Å². The first-order chi connectivity index (χ1) is 16.0. The molecule has 0 heterocycles. The minimum atomic E-state index is -1.14. The third kappa shape index (κ3) is 4.72. The maximum absolute atomic E-state index is 12.9. The molecule has 1 aliphatic carbocycles. The first kappa shape index (κ1) is 22.1. The summed E-state index contributed by atoms with van der Waals surface area (Å²) in [7, 11) is 1.38. The predicted molar refractivity (Wildman–Crippen MR) is 123 cm³/mol. The highest BCUT2D eigenvalue weighted by Crippen LogP contribution is 2.44. The number of carboxylic acids is 1. The first-order valence-corrected chi connectivity index (χ1v) is 10.6. The molecule has 0 aliphatic heterocycles. The van der Waals surface area contributed by atoms with E-state index in [1.807, 2.05) is 36.4 Å². The first-order valence-electron chi connectivity index (χ1n) is 10.6. The van der Waals surface area contributed by atoms with Gasteiger partial charge in [0.05, 0.1) is 0 Å². The Balaban J connectivity index is 1.49. The van der Waals surface area contributed by atoms with Gasteiger partial charge in [0.1, 0.15) is 19.2 Å². The molecule has 7 heteroatoms. The number of amides is 2. The Kier molecular flexibility index (Phi) is 6.40. The van der Waals surface area contributed by atoms with Gasteiger partial charge in [0.15, 0.2) is 0 Å². The van der Waals surface area contributed by atoms with E-state index >= 15 is 0 Å². The van der Waals surface area contributed by atoms with Crippen LogP contribution in [0.3, 0.4) is 0 Å². The molecule has 0 bridgehead atoms. The van der Waals surface area contributed by atoms with Gasteiger partial charge >= 0.3 is 12.1 Å². The minimum Gasteiger partial charge on any atom is -0.480 e. The Labute approximate surface area is 191 Å². The lowest BCUT2D eigenvalue weighted by molar-refractivity contribution is -0.144. The van der Waals surface area contributed by atoms with Gasteiger partial charge in [0, 0.05) is 13.0 Å². The van der Waals surface area contributed by atoms with Gasteiger partial charge in [-0.25, -0.2) is 4.79 Å². The second kappa shape index (κ2) is 9.56. The topological polar surface area (TPSA) is 95.9 Å². The van der Waals surface area contributed by atoms with Crippen LogP contribution in [-0.2, 0) is 14.3 Å². The summed E-state index contributed by atoms with van der Waals surface area (Å²) >= 11 is 0. The molecule has 0 unspecified atom stereocenters. The number of benzene rings is 3. The third-order valence-corrected chi connectivity index (χ3v) is 5.73. The standard InChI is InChI=1S/C26H24N2O5/c1-28(15-23(29)30)25(31)24(17-9-3-2-4-10-17)27-26(32)33-16-22-20-13-7-5-11-18(20)19-12-6-8-14-21(19)22/h2-14,22,24H,15-16H2,1H3,(H,27,32)(H,29,30)/t24-/m0/s1. The minimum absolute atomic E-state index is 0.108. The molecule has 3 aromatic carbocycles. The molecule has 7 nitrogen and oxygen atoms in total. The van der Waals surface area contributed by atoms with Crippen LogP contribution >= 0.6 is 0 Å². The van der Waals surface area contributed by atoms with Gasteiger partial charge in [-0.15, -0.1) is 0 Å². The number of fused-ring (bicyclic) bond motifs is 3. The van der Waals surface area contributed by atoms with Crippen LogP contribution in [0.1, 0.15) is 28.7 Å². The zero-order valence-corrected chi connectivity index (χ0v) is 18.1. The van der Waals surface area contributed by atoms with E-state index in [4.69, 9.17) is 9.84 Å². The number of nitrogens with zero attached hydrogens (tertiary/aromatic N) is 1. The number of ether oxygens (including phenoxy) is 1. The predicted octanol–water partition coefficient (Wildman–Crippen LogP) is 3.81. The van der Waals surface area contributed by atoms with E-state index in [2.05, 4.69) is 17.4 Å². The van der Waals surface area contributed by atoms with E-state index in [0.717, 1.165) is 27.2 Å². The van der Waals surface area contributed by atoms with Crippen molar-refractivity contribution in [1.82, 2.24) is 10.2 Å². The number of hydrogen-bond acceptors (Lipinski definition) is 4. The Morgan fingerprint density at radius 3 is 2.03 bits per heavy atom. The number of aliphatic carboxylic acids is 1. The molecule has 1 atom stereocenters. The van der Waals surface area contributed by atoms with E-state index < -0.39 is 30.6 Å². The SMILES string of the molecule is CN(CC(=O)O)C(=O)[C@@H](NC(=O)OCC1c2ccccc2-c2ccccc21)c1ccccc1. The number of rotatable bonds is 7. The summed E-state index contributed by atoms with van der Waals surface area (Å²) in [6.07, 6.45) is -0.747. The van der Waals surface area contributed by atoms with Gasteiger partial charge in [-0.05, 0) is 27.8 Å². The summed E-state index contributed by atoms with van der Waals surface area (Å²) in [5.74, 6) is -1.79. The molecule has 0 spiro atoms. The number of carbonyl (C=O) groups is 3. The fourth-order valence-corrected chi connectivity index (χ4v) is 4.19. The van der Waals surface area contributed by atoms with Crippen LogP contribution in [0, 0.1) is 0 Å². The summed E-state index contributed by atoms with van der Waals surface area (Å²) in [5.41, 5.74) is 4.95. The van der Waals surface area contributed by atoms with Crippen molar-refractivity contribution < 1.29 is 24.2 Å². The second-order valence-electron chi connectivity index (χ2n) is 7.90. The quantitative estimate of drug-likeness (QED) is 0.578. The molecule has 0 radical (unpaired) electrons. The molecule has 0 saturated carbocycles. The average Bonchev–Trinajstić information content (AvgIpc) is 3.14. The maximum Gasteiger partial charge on any atom is 0.408 e. The molecule has 1 aliphatic rings. The van der Waals surface area contributed by atoms with Gasteiger partial charge in [0.2, 0.25) is 5.91 Å². The Bertz CT molecular complexity index is 1130. The van der Waals surface area contributed by atoms with E-state index in [1.165, 1.54) is 7.05 Å². The molecular weight excluding hydrogens is 420 g/mol. The second-order valence-corrected chi connectivity index (χ2v) is 7.90. The van der Waals surface area contributed by atoms with Gasteiger partial charge in [-0.2, -0.15) is 0 Å². The van der Waals surface area contributed by atoms with Crippen LogP contribution in [0.25, 0.3) is 11.1 Å². The van der Waals surface area contributed by atoms with Gasteiger partial charge < -0.3 is 20.1 Å². The molecule has 3 aromatic rings. The number of nitrogens with one attached hydrogen (secondary N) is 1. The fourth-order valence-electron chi connectivity index (χ4n) is 4.19. The van der Waals surface area contributed by atoms with E-state index in [9.17, 15) is 14.4 Å². The largest absolute Gasteiger partial charge is 0.480 e. The van der Waals surface area contributed by atoms with Gasteiger partial charge in [0.25, 0.3) is 0 Å². The smallest absolute Gasteiger partial charge is 0.408 e. The average molecular weight is 444 g/mol. The lowest BCUT2D eigenvalue weighted by Crippen LogP contribution is -2.43. The zero-order valence-electron chi connectivity index (χ0n) is 18.1. The molecule has 0 saturated heterocycles. The summed E-state index contributed by atoms with van der Waals surface area (Å²) in [4.78, 5) is 37.7. The van der Waals surface area contributed by atoms with Crippen LogP contribution in [0.5, 0.6) is 0 Å². The number of alkyl carbamates (subject to hydrolysis) is 1. The summed E-state index contributed by atoms with van der Waals surface area (Å²) in [6.45, 7) is -0.366. The van der Waals surface area contributed by atoms with Crippen LogP contribution in [0.4, 0.5) is 4.79 Å². The molecular formula is C26H24N2O5. The molecule has 4 rings (SSSR count). The van der Waals surface area contributed by atoms with Crippen molar-refractivity contribution in [3.05, 3.63) is 95.6 Å². The molecule has 2 N–H and O–H groups in total. The highest BCUT2D eigenvalue weighted by atomic mass is 16.5. The molecule has 2 amide bonds. The number of likely N-dealkylation sites (N-methyl/N-ethyl adjacent to an activating group) is 1. The van der Waals surface area contributed by atoms with Gasteiger partial charge in [-0.1, -0.05) is 78.9 Å². The number of carbonyl (C=O) groups excluding carboxylic acids is 2. The molecule has 33 heavy (non-hydrogen) atoms. The van der Waals surface area contributed by atoms with E-state index in [1.54, 1.807) is 30.3 Å². The normalized spacial score (nSPS) is 12.9. The zero-order chi connectivity index (χ0) is 23.4. The summed E-state index contributed by atoms with van der Waals surface area (Å²) < 4.78 is 5.57. The third-order valence-electron chi connectivity index (χ3n) is 5.73. The van der Waals surface area contributed by atoms with Crippen molar-refractivity contribution in [2.24, 2.45) is 0 Å². The van der Waals surface area contributed by atoms with Crippen molar-refractivity contribution in [3.63, 3.8) is 0 Å². The summed E-state index contributed by atoms with van der Waals surface area (Å²) in [6, 6.07) is 23.6. The van der Waals surface area contributed by atoms with E-state index in [0.29, 0.717) is 5.56 Å². The fraction of sp³-hybridized carbons (Fsp3) is 0.192. The molecule has 0 aromatic heterocycles. The van der Waals surface area contributed by atoms with Crippen molar-refractivity contribution in [2.75, 3.05) is 20.2 Å². The Morgan fingerprint density at radius 1 is 0.909 bits per heavy atom. The number of hydrogen-bond donors (Lipinski definition) is 2. The van der Waals surface area contributed by atoms with Crippen LogP contribution in [-0.4, -0.2) is 48.2 Å². The highest BCUT2D eigenvalue weighted by molar-refractivity contribution is 5.89. The van der Waals surface area contributed by atoms with E-state index in [-0.39, 0.29) is 12.5 Å². The molecule has 168 valence electrons. The Hall–Kier alpha value is -4.13. The van der Waals surface area contributed by atoms with Gasteiger partial charge in [-0.3, -0.25) is 9.59 Å². The highest BCUT2D eigenvalue weighted by Gasteiger charge is 2.31. The monoisotopic (exact) mass is 444 g/mol. The van der Waals surface area contributed by atoms with Crippen LogP contribution < -0.4 is 5.32 Å². The van der Waals surface area contributed by atoms with Crippen LogP contribution in [0.2, 0.25) is 0 Å².